The van der Waals surface area contributed by atoms with Crippen molar-refractivity contribution in [3.05, 3.63) is 66.0 Å². The van der Waals surface area contributed by atoms with E-state index in [1.807, 2.05) is 63.2 Å². The van der Waals surface area contributed by atoms with Crippen molar-refractivity contribution in [1.29, 1.82) is 0 Å². The number of ether oxygens (including phenoxy) is 1. The predicted molar refractivity (Wildman–Crippen MR) is 124 cm³/mol. The number of amides is 1. The summed E-state index contributed by atoms with van der Waals surface area (Å²) in [6.45, 7) is 6.11. The average molecular weight is 477 g/mol. The standard InChI is InChI=1S/C24H32N2O6S/c1-23(2,3)20-21(31-16-18-10-6-5-7-11-18)24(17-32-33(4,29)30,13-15-26(20)22(27)28)19-12-8-9-14-25-19/h5-12,14,20-21H,13,15-17H2,1-4H3,(H,27,28)/t20?,21-,24-/m0/s1. The average Bonchev–Trinajstić information content (AvgIpc) is 2.76. The van der Waals surface area contributed by atoms with Crippen LogP contribution in [0.15, 0.2) is 54.7 Å². The zero-order valence-corrected chi connectivity index (χ0v) is 20.3. The highest BCUT2D eigenvalue weighted by Gasteiger charge is 2.56. The van der Waals surface area contributed by atoms with Gasteiger partial charge in [-0.1, -0.05) is 57.2 Å². The molecule has 9 heteroatoms. The lowest BCUT2D eigenvalue weighted by molar-refractivity contribution is -0.129. The molecule has 0 saturated carbocycles. The summed E-state index contributed by atoms with van der Waals surface area (Å²) >= 11 is 0. The van der Waals surface area contributed by atoms with Crippen LogP contribution < -0.4 is 0 Å². The Morgan fingerprint density at radius 3 is 2.39 bits per heavy atom. The Morgan fingerprint density at radius 2 is 1.85 bits per heavy atom. The third-order valence-corrected chi connectivity index (χ3v) is 6.62. The Hall–Kier alpha value is -2.49. The second-order valence-electron chi connectivity index (χ2n) is 9.59. The van der Waals surface area contributed by atoms with Gasteiger partial charge in [0.25, 0.3) is 10.1 Å². The van der Waals surface area contributed by atoms with Gasteiger partial charge in [0.2, 0.25) is 0 Å². The van der Waals surface area contributed by atoms with Crippen LogP contribution in [-0.2, 0) is 31.1 Å². The number of hydrogen-bond donors (Lipinski definition) is 1. The molecule has 0 spiro atoms. The van der Waals surface area contributed by atoms with E-state index in [0.717, 1.165) is 11.8 Å². The van der Waals surface area contributed by atoms with Crippen LogP contribution in [0.25, 0.3) is 0 Å². The number of aromatic nitrogens is 1. The minimum Gasteiger partial charge on any atom is -0.465 e. The van der Waals surface area contributed by atoms with E-state index in [4.69, 9.17) is 8.92 Å². The summed E-state index contributed by atoms with van der Waals surface area (Å²) in [5.74, 6) is 0. The lowest BCUT2D eigenvalue weighted by atomic mass is 9.65. The molecule has 33 heavy (non-hydrogen) atoms. The Bertz CT molecular complexity index is 1040. The number of hydrogen-bond acceptors (Lipinski definition) is 6. The predicted octanol–water partition coefficient (Wildman–Crippen LogP) is 3.68. The first kappa shape index (κ1) is 25.1. The molecule has 1 N–H and O–H groups in total. The SMILES string of the molecule is CC(C)(C)C1[C@H](OCc2ccccc2)[C@@](COS(C)(=O)=O)(c2ccccn2)CCN1C(=O)O. The van der Waals surface area contributed by atoms with Crippen LogP contribution in [0.1, 0.15) is 38.4 Å². The maximum absolute atomic E-state index is 12.2. The summed E-state index contributed by atoms with van der Waals surface area (Å²) in [7, 11) is -3.76. The van der Waals surface area contributed by atoms with Crippen molar-refractivity contribution in [2.45, 2.75) is 51.4 Å². The zero-order valence-electron chi connectivity index (χ0n) is 19.5. The highest BCUT2D eigenvalue weighted by Crippen LogP contribution is 2.45. The highest BCUT2D eigenvalue weighted by atomic mass is 32.2. The van der Waals surface area contributed by atoms with Gasteiger partial charge in [-0.3, -0.25) is 9.17 Å². The van der Waals surface area contributed by atoms with E-state index in [-0.39, 0.29) is 19.8 Å². The number of nitrogens with zero attached hydrogens (tertiary/aromatic N) is 2. The molecule has 0 bridgehead atoms. The molecule has 2 heterocycles. The number of pyridine rings is 1. The summed E-state index contributed by atoms with van der Waals surface area (Å²) in [6, 6.07) is 14.4. The van der Waals surface area contributed by atoms with Gasteiger partial charge in [-0.25, -0.2) is 4.79 Å². The normalized spacial score (nSPS) is 23.9. The molecule has 1 aromatic carbocycles. The van der Waals surface area contributed by atoms with Crippen LogP contribution in [0.2, 0.25) is 0 Å². The van der Waals surface area contributed by atoms with E-state index in [1.54, 1.807) is 12.3 Å². The second-order valence-corrected chi connectivity index (χ2v) is 11.2. The van der Waals surface area contributed by atoms with Crippen LogP contribution in [-0.4, -0.2) is 61.1 Å². The first-order chi connectivity index (χ1) is 15.4. The van der Waals surface area contributed by atoms with Crippen LogP contribution >= 0.6 is 0 Å². The minimum absolute atomic E-state index is 0.192. The maximum atomic E-state index is 12.2. The van der Waals surface area contributed by atoms with Crippen LogP contribution in [0.4, 0.5) is 4.79 Å². The summed E-state index contributed by atoms with van der Waals surface area (Å²) in [5.41, 5.74) is 0.0662. The molecule has 1 amide bonds. The van der Waals surface area contributed by atoms with Gasteiger partial charge in [0.05, 0.1) is 42.7 Å². The minimum atomic E-state index is -3.76. The Balaban J connectivity index is 2.14. The van der Waals surface area contributed by atoms with E-state index in [9.17, 15) is 18.3 Å². The fourth-order valence-electron chi connectivity index (χ4n) is 4.59. The molecule has 1 aliphatic rings. The first-order valence-electron chi connectivity index (χ1n) is 10.8. The molecule has 0 aliphatic carbocycles. The van der Waals surface area contributed by atoms with Gasteiger partial charge in [-0.2, -0.15) is 8.42 Å². The number of carbonyl (C=O) groups is 1. The molecule has 3 rings (SSSR count). The topological polar surface area (TPSA) is 106 Å². The smallest absolute Gasteiger partial charge is 0.407 e. The van der Waals surface area contributed by atoms with Crippen molar-refractivity contribution in [3.63, 3.8) is 0 Å². The lowest BCUT2D eigenvalue weighted by Gasteiger charge is -2.54. The number of likely N-dealkylation sites (tertiary alicyclic amines) is 1. The van der Waals surface area contributed by atoms with Gasteiger partial charge in [-0.05, 0) is 29.5 Å². The number of benzene rings is 1. The highest BCUT2D eigenvalue weighted by molar-refractivity contribution is 7.85. The molecule has 8 nitrogen and oxygen atoms in total. The Morgan fingerprint density at radius 1 is 1.18 bits per heavy atom. The van der Waals surface area contributed by atoms with Gasteiger partial charge in [0, 0.05) is 12.7 Å². The molecule has 0 radical (unpaired) electrons. The molecule has 1 fully saturated rings. The van der Waals surface area contributed by atoms with Crippen molar-refractivity contribution in [2.24, 2.45) is 5.41 Å². The second kappa shape index (κ2) is 9.79. The van der Waals surface area contributed by atoms with Gasteiger partial charge in [0.1, 0.15) is 0 Å². The van der Waals surface area contributed by atoms with Crippen molar-refractivity contribution >= 4 is 16.2 Å². The maximum Gasteiger partial charge on any atom is 0.407 e. The van der Waals surface area contributed by atoms with Crippen molar-refractivity contribution in [1.82, 2.24) is 9.88 Å². The number of carboxylic acid groups (broad SMARTS) is 1. The fraction of sp³-hybridized carbons (Fsp3) is 0.500. The van der Waals surface area contributed by atoms with Crippen LogP contribution in [0, 0.1) is 5.41 Å². The van der Waals surface area contributed by atoms with E-state index >= 15 is 0 Å². The van der Waals surface area contributed by atoms with E-state index in [1.165, 1.54) is 4.90 Å². The fourth-order valence-corrected chi connectivity index (χ4v) is 5.01. The van der Waals surface area contributed by atoms with Gasteiger partial charge < -0.3 is 14.7 Å². The monoisotopic (exact) mass is 476 g/mol. The number of piperidine rings is 1. The molecule has 1 saturated heterocycles. The van der Waals surface area contributed by atoms with Crippen molar-refractivity contribution < 1.29 is 27.2 Å². The Labute approximate surface area is 195 Å². The third kappa shape index (κ3) is 5.90. The molecular formula is C24H32N2O6S. The molecule has 1 aromatic heterocycles. The van der Waals surface area contributed by atoms with Gasteiger partial charge in [-0.15, -0.1) is 0 Å². The van der Waals surface area contributed by atoms with E-state index < -0.39 is 39.2 Å². The van der Waals surface area contributed by atoms with E-state index in [0.29, 0.717) is 12.1 Å². The van der Waals surface area contributed by atoms with Gasteiger partial charge >= 0.3 is 6.09 Å². The van der Waals surface area contributed by atoms with Gasteiger partial charge in [0.15, 0.2) is 0 Å². The molecular weight excluding hydrogens is 444 g/mol. The largest absolute Gasteiger partial charge is 0.465 e. The van der Waals surface area contributed by atoms with Crippen LogP contribution in [0.5, 0.6) is 0 Å². The third-order valence-electron chi connectivity index (χ3n) is 6.08. The van der Waals surface area contributed by atoms with Crippen molar-refractivity contribution in [3.8, 4) is 0 Å². The lowest BCUT2D eigenvalue weighted by Crippen LogP contribution is -2.67. The summed E-state index contributed by atoms with van der Waals surface area (Å²) in [5, 5.41) is 10.0. The molecule has 1 aliphatic heterocycles. The van der Waals surface area contributed by atoms with Crippen molar-refractivity contribution in [2.75, 3.05) is 19.4 Å². The zero-order chi connectivity index (χ0) is 24.3. The molecule has 180 valence electrons. The summed E-state index contributed by atoms with van der Waals surface area (Å²) in [4.78, 5) is 18.2. The van der Waals surface area contributed by atoms with Crippen LogP contribution in [0.3, 0.4) is 0 Å². The molecule has 2 aromatic rings. The quantitative estimate of drug-likeness (QED) is 0.608. The molecule has 1 unspecified atom stereocenters. The summed E-state index contributed by atoms with van der Waals surface area (Å²) < 4.78 is 35.8. The first-order valence-corrected chi connectivity index (χ1v) is 12.7. The number of rotatable bonds is 7. The Kier molecular flexibility index (Phi) is 7.45. The van der Waals surface area contributed by atoms with E-state index in [2.05, 4.69) is 4.98 Å². The molecule has 3 atom stereocenters. The summed E-state index contributed by atoms with van der Waals surface area (Å²) in [6.07, 6.45) is 1.20.